The summed E-state index contributed by atoms with van der Waals surface area (Å²) >= 11 is 6.27. The van der Waals surface area contributed by atoms with Crippen LogP contribution in [0.25, 0.3) is 10.9 Å². The van der Waals surface area contributed by atoms with Crippen molar-refractivity contribution in [2.24, 2.45) is 0 Å². The maximum absolute atomic E-state index is 10.9. The van der Waals surface area contributed by atoms with Crippen LogP contribution in [-0.2, 0) is 4.79 Å². The summed E-state index contributed by atoms with van der Waals surface area (Å²) in [5, 5.41) is 1.14. The van der Waals surface area contributed by atoms with Gasteiger partial charge in [0.1, 0.15) is 0 Å². The smallest absolute Gasteiger partial charge is 0.192 e. The van der Waals surface area contributed by atoms with Crippen molar-refractivity contribution in [2.45, 2.75) is 6.92 Å². The highest BCUT2D eigenvalue weighted by Gasteiger charge is 2.07. The van der Waals surface area contributed by atoms with Crippen LogP contribution in [0.2, 0.25) is 0 Å². The average Bonchev–Trinajstić information content (AvgIpc) is 2.59. The van der Waals surface area contributed by atoms with E-state index in [1.165, 1.54) is 6.92 Å². The van der Waals surface area contributed by atoms with Crippen molar-refractivity contribution in [3.63, 3.8) is 0 Å². The van der Waals surface area contributed by atoms with Crippen molar-refractivity contribution in [2.75, 3.05) is 0 Å². The van der Waals surface area contributed by atoms with Crippen molar-refractivity contribution in [3.05, 3.63) is 36.5 Å². The van der Waals surface area contributed by atoms with Crippen LogP contribution in [0.15, 0.2) is 36.5 Å². The van der Waals surface area contributed by atoms with E-state index in [1.54, 1.807) is 0 Å². The van der Waals surface area contributed by atoms with Crippen LogP contribution in [0.4, 0.5) is 0 Å². The quantitative estimate of drug-likeness (QED) is 0.655. The summed E-state index contributed by atoms with van der Waals surface area (Å²) in [5.41, 5.74) is 1.04. The molecule has 0 radical (unpaired) electrons. The summed E-state index contributed by atoms with van der Waals surface area (Å²) in [6, 6.07) is 9.94. The van der Waals surface area contributed by atoms with Gasteiger partial charge in [0.25, 0.3) is 0 Å². The van der Waals surface area contributed by atoms with E-state index in [0.29, 0.717) is 4.32 Å². The number of nitrogens with zero attached hydrogens (tertiary/aromatic N) is 1. The number of carbonyl (C=O) groups is 1. The Kier molecular flexibility index (Phi) is 2.88. The fraction of sp³-hybridized carbons (Fsp3) is 0.0909. The highest BCUT2D eigenvalue weighted by Crippen LogP contribution is 2.18. The minimum atomic E-state index is 0.0118. The van der Waals surface area contributed by atoms with Gasteiger partial charge in [-0.05, 0) is 29.3 Å². The minimum absolute atomic E-state index is 0.0118. The standard InChI is InChI=1S/C11H9NOS2/c1-8(13)15-11(14)12-7-6-9-4-2-3-5-10(9)12/h2-7H,1H3. The monoisotopic (exact) mass is 235 g/mol. The van der Waals surface area contributed by atoms with E-state index in [-0.39, 0.29) is 5.12 Å². The number of carbonyl (C=O) groups excluding carboxylic acids is 1. The first-order valence-corrected chi connectivity index (χ1v) is 5.70. The molecule has 0 saturated carbocycles. The van der Waals surface area contributed by atoms with E-state index >= 15 is 0 Å². The van der Waals surface area contributed by atoms with Crippen LogP contribution in [0.5, 0.6) is 0 Å². The van der Waals surface area contributed by atoms with Crippen molar-refractivity contribution >= 4 is 44.3 Å². The molecular formula is C11H9NOS2. The molecule has 2 rings (SSSR count). The summed E-state index contributed by atoms with van der Waals surface area (Å²) in [6.45, 7) is 1.52. The molecule has 0 fully saturated rings. The Morgan fingerprint density at radius 2 is 2.07 bits per heavy atom. The Balaban J connectivity index is 2.44. The molecule has 1 aromatic heterocycles. The predicted octanol–water partition coefficient (Wildman–Crippen LogP) is 3.05. The third-order valence-corrected chi connectivity index (χ3v) is 3.13. The molecule has 4 heteroatoms. The normalized spacial score (nSPS) is 10.5. The maximum Gasteiger partial charge on any atom is 0.192 e. The third-order valence-electron chi connectivity index (χ3n) is 2.03. The van der Waals surface area contributed by atoms with E-state index in [4.69, 9.17) is 12.2 Å². The zero-order valence-electron chi connectivity index (χ0n) is 8.14. The number of aromatic nitrogens is 1. The molecule has 2 nitrogen and oxygen atoms in total. The fourth-order valence-electron chi connectivity index (χ4n) is 1.41. The molecule has 0 N–H and O–H groups in total. The fourth-order valence-corrected chi connectivity index (χ4v) is 2.43. The van der Waals surface area contributed by atoms with E-state index in [1.807, 2.05) is 41.1 Å². The molecule has 2 aromatic rings. The molecule has 0 saturated heterocycles. The number of rotatable bonds is 0. The molecule has 15 heavy (non-hydrogen) atoms. The Hall–Kier alpha value is -1.13. The molecule has 0 spiro atoms. The highest BCUT2D eigenvalue weighted by molar-refractivity contribution is 8.32. The van der Waals surface area contributed by atoms with Crippen LogP contribution in [0, 0.1) is 0 Å². The van der Waals surface area contributed by atoms with Crippen LogP contribution in [0.3, 0.4) is 0 Å². The molecule has 76 valence electrons. The molecule has 0 aliphatic rings. The maximum atomic E-state index is 10.9. The molecule has 0 aliphatic carbocycles. The number of hydrogen-bond donors (Lipinski definition) is 0. The second kappa shape index (κ2) is 4.16. The summed E-state index contributed by atoms with van der Waals surface area (Å²) in [4.78, 5) is 10.9. The number of benzene rings is 1. The summed E-state index contributed by atoms with van der Waals surface area (Å²) in [7, 11) is 0. The first kappa shape index (κ1) is 10.4. The zero-order valence-corrected chi connectivity index (χ0v) is 9.77. The molecule has 0 atom stereocenters. The molecule has 0 bridgehead atoms. The lowest BCUT2D eigenvalue weighted by molar-refractivity contribution is -0.109. The highest BCUT2D eigenvalue weighted by atomic mass is 32.2. The largest absolute Gasteiger partial charge is 0.302 e. The van der Waals surface area contributed by atoms with Crippen LogP contribution in [0.1, 0.15) is 6.92 Å². The van der Waals surface area contributed by atoms with E-state index < -0.39 is 0 Å². The Morgan fingerprint density at radius 1 is 1.33 bits per heavy atom. The van der Waals surface area contributed by atoms with Gasteiger partial charge >= 0.3 is 0 Å². The number of thiocarbonyl (C=S) groups is 1. The first-order valence-electron chi connectivity index (χ1n) is 4.47. The number of para-hydroxylation sites is 1. The lowest BCUT2D eigenvalue weighted by atomic mass is 10.2. The third kappa shape index (κ3) is 2.11. The van der Waals surface area contributed by atoms with Crippen LogP contribution < -0.4 is 0 Å². The van der Waals surface area contributed by atoms with E-state index in [9.17, 15) is 4.79 Å². The first-order chi connectivity index (χ1) is 7.18. The summed E-state index contributed by atoms with van der Waals surface area (Å²) in [5.74, 6) is 0. The van der Waals surface area contributed by atoms with Crippen molar-refractivity contribution in [3.8, 4) is 0 Å². The Bertz CT molecular complexity index is 530. The topological polar surface area (TPSA) is 22.0 Å². The van der Waals surface area contributed by atoms with Crippen molar-refractivity contribution in [1.29, 1.82) is 0 Å². The lowest BCUT2D eigenvalue weighted by Crippen LogP contribution is -2.04. The molecule has 1 aromatic carbocycles. The van der Waals surface area contributed by atoms with E-state index in [2.05, 4.69) is 0 Å². The van der Waals surface area contributed by atoms with Gasteiger partial charge in [0.05, 0.1) is 5.52 Å². The van der Waals surface area contributed by atoms with Gasteiger partial charge < -0.3 is 4.57 Å². The molecular weight excluding hydrogens is 226 g/mol. The van der Waals surface area contributed by atoms with Gasteiger partial charge in [-0.2, -0.15) is 0 Å². The number of fused-ring (bicyclic) bond motifs is 1. The minimum Gasteiger partial charge on any atom is -0.302 e. The van der Waals surface area contributed by atoms with Gasteiger partial charge in [-0.1, -0.05) is 30.4 Å². The molecule has 0 aliphatic heterocycles. The van der Waals surface area contributed by atoms with Gasteiger partial charge in [-0.15, -0.1) is 0 Å². The average molecular weight is 235 g/mol. The molecule has 0 amide bonds. The Labute approximate surface area is 97.3 Å². The second-order valence-electron chi connectivity index (χ2n) is 3.10. The van der Waals surface area contributed by atoms with Gasteiger partial charge in [0, 0.05) is 13.1 Å². The van der Waals surface area contributed by atoms with Gasteiger partial charge in [0.15, 0.2) is 9.44 Å². The van der Waals surface area contributed by atoms with Crippen molar-refractivity contribution in [1.82, 2.24) is 4.57 Å². The van der Waals surface area contributed by atoms with Gasteiger partial charge in [0.2, 0.25) is 0 Å². The number of thioether (sulfide) groups is 1. The Morgan fingerprint density at radius 3 is 2.80 bits per heavy atom. The summed E-state index contributed by atoms with van der Waals surface area (Å²) < 4.78 is 2.43. The summed E-state index contributed by atoms with van der Waals surface area (Å²) in [6.07, 6.45) is 1.89. The SMILES string of the molecule is CC(=O)SC(=S)n1ccc2ccccc21. The van der Waals surface area contributed by atoms with Gasteiger partial charge in [-0.3, -0.25) is 4.79 Å². The zero-order chi connectivity index (χ0) is 10.8. The van der Waals surface area contributed by atoms with Crippen LogP contribution in [-0.4, -0.2) is 14.0 Å². The molecule has 1 heterocycles. The van der Waals surface area contributed by atoms with Crippen LogP contribution >= 0.6 is 24.0 Å². The second-order valence-corrected chi connectivity index (χ2v) is 4.91. The number of hydrogen-bond acceptors (Lipinski definition) is 3. The molecule has 0 unspecified atom stereocenters. The van der Waals surface area contributed by atoms with E-state index in [0.717, 1.165) is 22.7 Å². The van der Waals surface area contributed by atoms with Crippen molar-refractivity contribution < 1.29 is 4.79 Å². The lowest BCUT2D eigenvalue weighted by Gasteiger charge is -2.03. The van der Waals surface area contributed by atoms with Gasteiger partial charge in [-0.25, -0.2) is 0 Å². The predicted molar refractivity (Wildman–Crippen MR) is 68.2 cm³/mol.